The van der Waals surface area contributed by atoms with Gasteiger partial charge < -0.3 is 9.80 Å². The Hall–Kier alpha value is -2.02. The van der Waals surface area contributed by atoms with Gasteiger partial charge in [0.1, 0.15) is 11.3 Å². The largest absolute Gasteiger partial charge is 0.346 e. The molecule has 1 atom stereocenters. The van der Waals surface area contributed by atoms with Crippen molar-refractivity contribution in [3.63, 3.8) is 0 Å². The van der Waals surface area contributed by atoms with Crippen LogP contribution in [-0.2, 0) is 4.79 Å². The Bertz CT molecular complexity index is 690. The monoisotopic (exact) mass is 318 g/mol. The van der Waals surface area contributed by atoms with Gasteiger partial charge in [0.2, 0.25) is 11.0 Å². The number of benzene rings is 1. The maximum Gasteiger partial charge on any atom is 0.227 e. The fraction of sp³-hybridized carbons (Fsp3) is 0.400. The van der Waals surface area contributed by atoms with Gasteiger partial charge in [0, 0.05) is 37.2 Å². The molecule has 114 valence electrons. The van der Waals surface area contributed by atoms with Crippen LogP contribution in [-0.4, -0.2) is 35.7 Å². The van der Waals surface area contributed by atoms with Gasteiger partial charge >= 0.3 is 0 Å². The van der Waals surface area contributed by atoms with Gasteiger partial charge in [-0.05, 0) is 30.7 Å². The molecule has 2 fully saturated rings. The summed E-state index contributed by atoms with van der Waals surface area (Å²) in [5, 5.41) is 8.92. The Kier molecular flexibility index (Phi) is 3.11. The van der Waals surface area contributed by atoms with Crippen LogP contribution < -0.4 is 9.80 Å². The third-order valence-corrected chi connectivity index (χ3v) is 5.27. The third-order valence-electron chi connectivity index (χ3n) is 4.52. The van der Waals surface area contributed by atoms with Crippen LogP contribution in [0.5, 0.6) is 0 Å². The topological polar surface area (TPSA) is 49.3 Å². The molecular weight excluding hydrogens is 303 g/mol. The Morgan fingerprint density at radius 3 is 2.77 bits per heavy atom. The van der Waals surface area contributed by atoms with E-state index in [0.717, 1.165) is 30.3 Å². The summed E-state index contributed by atoms with van der Waals surface area (Å²) in [6.45, 7) is 2.41. The van der Waals surface area contributed by atoms with E-state index in [0.29, 0.717) is 13.0 Å². The number of carbonyl (C=O) groups excluding carboxylic acids is 1. The molecule has 1 amide bonds. The van der Waals surface area contributed by atoms with E-state index in [-0.39, 0.29) is 17.1 Å². The Morgan fingerprint density at radius 1 is 1.23 bits per heavy atom. The third kappa shape index (κ3) is 2.25. The average Bonchev–Trinajstić information content (AvgIpc) is 3.21. The molecule has 0 saturated carbocycles. The second kappa shape index (κ2) is 5.01. The molecule has 22 heavy (non-hydrogen) atoms. The summed E-state index contributed by atoms with van der Waals surface area (Å²) < 4.78 is 13.1. The van der Waals surface area contributed by atoms with Gasteiger partial charge in [-0.3, -0.25) is 4.79 Å². The first kappa shape index (κ1) is 13.6. The van der Waals surface area contributed by atoms with E-state index in [1.807, 2.05) is 0 Å². The van der Waals surface area contributed by atoms with E-state index in [4.69, 9.17) is 0 Å². The smallest absolute Gasteiger partial charge is 0.227 e. The minimum Gasteiger partial charge on any atom is -0.346 e. The predicted octanol–water partition coefficient (Wildman–Crippen LogP) is 2.31. The van der Waals surface area contributed by atoms with Crippen LogP contribution in [0, 0.1) is 11.2 Å². The zero-order valence-corrected chi connectivity index (χ0v) is 12.7. The number of rotatable bonds is 2. The fourth-order valence-corrected chi connectivity index (χ4v) is 4.02. The fourth-order valence-electron chi connectivity index (χ4n) is 3.43. The number of amides is 1. The van der Waals surface area contributed by atoms with Crippen LogP contribution in [0.15, 0.2) is 29.8 Å². The van der Waals surface area contributed by atoms with Gasteiger partial charge in [0.25, 0.3) is 0 Å². The lowest BCUT2D eigenvalue weighted by Crippen LogP contribution is -2.31. The molecule has 0 aliphatic carbocycles. The second-order valence-corrected chi connectivity index (χ2v) is 6.84. The van der Waals surface area contributed by atoms with Gasteiger partial charge in [0.15, 0.2) is 0 Å². The van der Waals surface area contributed by atoms with Crippen molar-refractivity contribution in [1.82, 2.24) is 10.2 Å². The summed E-state index contributed by atoms with van der Waals surface area (Å²) in [6.07, 6.45) is 1.51. The van der Waals surface area contributed by atoms with E-state index in [1.54, 1.807) is 22.5 Å². The quantitative estimate of drug-likeness (QED) is 0.852. The molecular formula is C15H15FN4OS. The van der Waals surface area contributed by atoms with E-state index >= 15 is 0 Å². The molecule has 0 bridgehead atoms. The molecule has 2 saturated heterocycles. The minimum absolute atomic E-state index is 0.0306. The van der Waals surface area contributed by atoms with Crippen molar-refractivity contribution in [2.75, 3.05) is 29.4 Å². The number of nitrogens with zero attached hydrogens (tertiary/aromatic N) is 4. The number of hydrogen-bond acceptors (Lipinski definition) is 5. The highest BCUT2D eigenvalue weighted by atomic mass is 32.1. The maximum absolute atomic E-state index is 13.1. The highest BCUT2D eigenvalue weighted by Crippen LogP contribution is 2.43. The van der Waals surface area contributed by atoms with Crippen molar-refractivity contribution >= 4 is 28.1 Å². The Balaban J connectivity index is 1.54. The summed E-state index contributed by atoms with van der Waals surface area (Å²) >= 11 is 1.53. The van der Waals surface area contributed by atoms with E-state index in [1.165, 1.54) is 23.5 Å². The molecule has 2 aliphatic heterocycles. The lowest BCUT2D eigenvalue weighted by Gasteiger charge is -2.23. The van der Waals surface area contributed by atoms with E-state index < -0.39 is 0 Å². The average molecular weight is 318 g/mol. The van der Waals surface area contributed by atoms with Gasteiger partial charge in [-0.1, -0.05) is 11.3 Å². The molecule has 2 aliphatic rings. The molecule has 7 heteroatoms. The van der Waals surface area contributed by atoms with Gasteiger partial charge in [-0.15, -0.1) is 10.2 Å². The van der Waals surface area contributed by atoms with Gasteiger partial charge in [-0.25, -0.2) is 4.39 Å². The molecule has 4 rings (SSSR count). The van der Waals surface area contributed by atoms with Crippen LogP contribution in [0.1, 0.15) is 12.8 Å². The summed E-state index contributed by atoms with van der Waals surface area (Å²) in [6, 6.07) is 6.14. The standard InChI is InChI=1S/C15H15FN4OS/c16-11-1-3-12(4-2-11)20-9-15(7-13(20)21)5-6-19(8-15)14-18-17-10-22-14/h1-4,10H,5-9H2/t15-/m1/s1. The molecule has 2 aromatic rings. The minimum atomic E-state index is -0.284. The molecule has 3 heterocycles. The van der Waals surface area contributed by atoms with Crippen molar-refractivity contribution < 1.29 is 9.18 Å². The highest BCUT2D eigenvalue weighted by molar-refractivity contribution is 7.13. The SMILES string of the molecule is O=C1C[C@@]2(CCN(c3nncs3)C2)CN1c1ccc(F)cc1. The second-order valence-electron chi connectivity index (χ2n) is 6.03. The predicted molar refractivity (Wildman–Crippen MR) is 82.5 cm³/mol. The summed E-state index contributed by atoms with van der Waals surface area (Å²) in [5.74, 6) is -0.167. The van der Waals surface area contributed by atoms with Crippen LogP contribution >= 0.6 is 11.3 Å². The first-order valence-electron chi connectivity index (χ1n) is 7.22. The molecule has 1 aromatic heterocycles. The number of hydrogen-bond donors (Lipinski definition) is 0. The summed E-state index contributed by atoms with van der Waals surface area (Å²) in [5.41, 5.74) is 2.47. The molecule has 0 N–H and O–H groups in total. The molecule has 5 nitrogen and oxygen atoms in total. The van der Waals surface area contributed by atoms with E-state index in [2.05, 4.69) is 15.1 Å². The van der Waals surface area contributed by atoms with Gasteiger partial charge in [-0.2, -0.15) is 0 Å². The van der Waals surface area contributed by atoms with Crippen molar-refractivity contribution in [2.45, 2.75) is 12.8 Å². The van der Waals surface area contributed by atoms with E-state index in [9.17, 15) is 9.18 Å². The Labute approximate surface area is 131 Å². The van der Waals surface area contributed by atoms with Crippen LogP contribution in [0.3, 0.4) is 0 Å². The number of halogens is 1. The van der Waals surface area contributed by atoms with Crippen LogP contribution in [0.4, 0.5) is 15.2 Å². The Morgan fingerprint density at radius 2 is 2.05 bits per heavy atom. The van der Waals surface area contributed by atoms with Crippen molar-refractivity contribution in [3.05, 3.63) is 35.6 Å². The zero-order chi connectivity index (χ0) is 15.2. The van der Waals surface area contributed by atoms with Crippen molar-refractivity contribution in [1.29, 1.82) is 0 Å². The number of aromatic nitrogens is 2. The van der Waals surface area contributed by atoms with Crippen LogP contribution in [0.25, 0.3) is 0 Å². The molecule has 1 spiro atoms. The molecule has 0 unspecified atom stereocenters. The highest BCUT2D eigenvalue weighted by Gasteiger charge is 2.48. The first-order chi connectivity index (χ1) is 10.7. The molecule has 0 radical (unpaired) electrons. The van der Waals surface area contributed by atoms with Crippen molar-refractivity contribution in [3.8, 4) is 0 Å². The van der Waals surface area contributed by atoms with Crippen LogP contribution in [0.2, 0.25) is 0 Å². The van der Waals surface area contributed by atoms with Gasteiger partial charge in [0.05, 0.1) is 0 Å². The summed E-state index contributed by atoms with van der Waals surface area (Å²) in [4.78, 5) is 16.4. The molecule has 1 aromatic carbocycles. The lowest BCUT2D eigenvalue weighted by molar-refractivity contribution is -0.117. The number of anilines is 2. The number of carbonyl (C=O) groups is 1. The normalized spacial score (nSPS) is 24.7. The maximum atomic E-state index is 13.1. The van der Waals surface area contributed by atoms with Crippen molar-refractivity contribution in [2.24, 2.45) is 5.41 Å². The summed E-state index contributed by atoms with van der Waals surface area (Å²) in [7, 11) is 0. The zero-order valence-electron chi connectivity index (χ0n) is 11.9. The first-order valence-corrected chi connectivity index (χ1v) is 8.10. The lowest BCUT2D eigenvalue weighted by atomic mass is 9.86.